The quantitative estimate of drug-likeness (QED) is 0.845. The van der Waals surface area contributed by atoms with E-state index in [9.17, 15) is 23.1 Å². The maximum atomic E-state index is 12.8. The van der Waals surface area contributed by atoms with Crippen LogP contribution < -0.4 is 0 Å². The lowest BCUT2D eigenvalue weighted by molar-refractivity contribution is -0.141. The fraction of sp³-hybridized carbons (Fsp3) is 0.400. The number of carbonyl (C=O) groups is 1. The van der Waals surface area contributed by atoms with Gasteiger partial charge in [-0.05, 0) is 26.0 Å². The predicted molar refractivity (Wildman–Crippen MR) is 77.5 cm³/mol. The molecule has 0 radical (unpaired) electrons. The van der Waals surface area contributed by atoms with E-state index in [0.717, 1.165) is 23.0 Å². The molecule has 0 atom stereocenters. The maximum Gasteiger partial charge on any atom is 0.433 e. The molecule has 6 nitrogen and oxygen atoms in total. The Morgan fingerprint density at radius 3 is 2.50 bits per heavy atom. The molecule has 130 valence electrons. The minimum atomic E-state index is -4.63. The number of carbonyl (C=O) groups excluding carboxylic acids is 1. The van der Waals surface area contributed by atoms with Crippen LogP contribution in [0.4, 0.5) is 13.2 Å². The third-order valence-electron chi connectivity index (χ3n) is 3.21. The van der Waals surface area contributed by atoms with Crippen LogP contribution in [0.1, 0.15) is 41.2 Å². The van der Waals surface area contributed by atoms with Crippen LogP contribution in [0.2, 0.25) is 0 Å². The lowest BCUT2D eigenvalue weighted by Gasteiger charge is -2.13. The molecule has 2 heterocycles. The van der Waals surface area contributed by atoms with Crippen LogP contribution in [0.5, 0.6) is 5.88 Å². The van der Waals surface area contributed by atoms with E-state index in [4.69, 9.17) is 4.74 Å². The van der Waals surface area contributed by atoms with Gasteiger partial charge in [-0.15, -0.1) is 0 Å². The van der Waals surface area contributed by atoms with Crippen LogP contribution in [0.3, 0.4) is 0 Å². The van der Waals surface area contributed by atoms with Crippen molar-refractivity contribution < 1.29 is 27.8 Å². The number of pyridine rings is 1. The van der Waals surface area contributed by atoms with E-state index in [1.165, 1.54) is 7.05 Å². The van der Waals surface area contributed by atoms with Crippen molar-refractivity contribution in [3.8, 4) is 5.88 Å². The van der Waals surface area contributed by atoms with E-state index in [1.807, 2.05) is 0 Å². The summed E-state index contributed by atoms with van der Waals surface area (Å²) >= 11 is 0. The number of aromatic nitrogens is 3. The van der Waals surface area contributed by atoms with Crippen molar-refractivity contribution in [2.75, 3.05) is 0 Å². The summed E-state index contributed by atoms with van der Waals surface area (Å²) in [5.74, 6) is -1.06. The van der Waals surface area contributed by atoms with Crippen LogP contribution in [-0.2, 0) is 24.6 Å². The largest absolute Gasteiger partial charge is 0.493 e. The Hall–Kier alpha value is -2.42. The zero-order chi connectivity index (χ0) is 18.1. The van der Waals surface area contributed by atoms with Crippen LogP contribution in [0.15, 0.2) is 18.3 Å². The molecule has 0 aliphatic heterocycles. The summed E-state index contributed by atoms with van der Waals surface area (Å²) in [7, 11) is 1.43. The normalized spacial score (nSPS) is 12.0. The molecule has 2 aromatic heterocycles. The fourth-order valence-electron chi connectivity index (χ4n) is 1.96. The molecular formula is C15H16F3N3O3. The zero-order valence-corrected chi connectivity index (χ0v) is 13.3. The molecule has 0 fully saturated rings. The zero-order valence-electron chi connectivity index (χ0n) is 13.3. The summed E-state index contributed by atoms with van der Waals surface area (Å²) in [6, 6.07) is 1.75. The monoisotopic (exact) mass is 343 g/mol. The van der Waals surface area contributed by atoms with E-state index in [2.05, 4.69) is 10.1 Å². The molecule has 0 aliphatic carbocycles. The Kier molecular flexibility index (Phi) is 4.93. The number of ether oxygens (including phenoxy) is 1. The second-order valence-electron chi connectivity index (χ2n) is 5.38. The molecule has 0 amide bonds. The summed E-state index contributed by atoms with van der Waals surface area (Å²) < 4.78 is 44.9. The highest BCUT2D eigenvalue weighted by Crippen LogP contribution is 2.29. The molecule has 0 aromatic carbocycles. The number of rotatable bonds is 5. The third-order valence-corrected chi connectivity index (χ3v) is 3.21. The maximum absolute atomic E-state index is 12.8. The number of halogens is 3. The number of alkyl halides is 3. The molecule has 0 saturated heterocycles. The van der Waals surface area contributed by atoms with Crippen molar-refractivity contribution in [3.63, 3.8) is 0 Å². The van der Waals surface area contributed by atoms with Crippen LogP contribution in [-0.4, -0.2) is 31.8 Å². The third kappa shape index (κ3) is 3.73. The van der Waals surface area contributed by atoms with Crippen LogP contribution in [0, 0.1) is 0 Å². The molecule has 0 aliphatic rings. The summed E-state index contributed by atoms with van der Waals surface area (Å²) in [6.45, 7) is 3.16. The first-order chi connectivity index (χ1) is 11.1. The Morgan fingerprint density at radius 2 is 2.00 bits per heavy atom. The predicted octanol–water partition coefficient (Wildman–Crippen LogP) is 2.70. The molecule has 0 spiro atoms. The summed E-state index contributed by atoms with van der Waals surface area (Å²) in [4.78, 5) is 16.0. The number of hydrogen-bond acceptors (Lipinski definition) is 5. The molecule has 2 rings (SSSR count). The van der Waals surface area contributed by atoms with Crippen molar-refractivity contribution in [3.05, 3.63) is 40.8 Å². The topological polar surface area (TPSA) is 77.2 Å². The Morgan fingerprint density at radius 1 is 1.33 bits per heavy atom. The Bertz CT molecular complexity index is 754. The van der Waals surface area contributed by atoms with E-state index in [0.29, 0.717) is 0 Å². The van der Waals surface area contributed by atoms with E-state index in [-0.39, 0.29) is 35.4 Å². The second-order valence-corrected chi connectivity index (χ2v) is 5.38. The van der Waals surface area contributed by atoms with Crippen LogP contribution >= 0.6 is 0 Å². The average Bonchev–Trinajstić information content (AvgIpc) is 2.83. The molecule has 0 saturated carbocycles. The molecule has 9 heteroatoms. The number of nitrogens with zero attached hydrogens (tertiary/aromatic N) is 3. The summed E-state index contributed by atoms with van der Waals surface area (Å²) in [5.41, 5.74) is -1.46. The van der Waals surface area contributed by atoms with Crippen molar-refractivity contribution in [1.82, 2.24) is 14.8 Å². The van der Waals surface area contributed by atoms with Gasteiger partial charge in [0.2, 0.25) is 11.7 Å². The molecule has 2 aromatic rings. The van der Waals surface area contributed by atoms with Gasteiger partial charge in [0, 0.05) is 12.6 Å². The van der Waals surface area contributed by atoms with Gasteiger partial charge in [0.25, 0.3) is 0 Å². The number of ketones is 1. The van der Waals surface area contributed by atoms with Crippen molar-refractivity contribution in [1.29, 1.82) is 0 Å². The van der Waals surface area contributed by atoms with Gasteiger partial charge in [-0.1, -0.05) is 0 Å². The van der Waals surface area contributed by atoms with Gasteiger partial charge in [0.15, 0.2) is 0 Å². The van der Waals surface area contributed by atoms with Crippen molar-refractivity contribution in [2.45, 2.75) is 32.7 Å². The van der Waals surface area contributed by atoms with E-state index < -0.39 is 17.7 Å². The van der Waals surface area contributed by atoms with Gasteiger partial charge in [-0.25, -0.2) is 9.67 Å². The second kappa shape index (κ2) is 6.60. The van der Waals surface area contributed by atoms with Gasteiger partial charge < -0.3 is 9.84 Å². The first-order valence-corrected chi connectivity index (χ1v) is 7.05. The number of aryl methyl sites for hydroxylation is 1. The lowest BCUT2D eigenvalue weighted by Crippen LogP contribution is -2.15. The van der Waals surface area contributed by atoms with E-state index in [1.54, 1.807) is 13.8 Å². The van der Waals surface area contributed by atoms with Gasteiger partial charge >= 0.3 is 6.18 Å². The Labute approximate surface area is 135 Å². The minimum absolute atomic E-state index is 0.0769. The van der Waals surface area contributed by atoms with Gasteiger partial charge in [-0.3, -0.25) is 4.79 Å². The fourth-order valence-corrected chi connectivity index (χ4v) is 1.96. The highest BCUT2D eigenvalue weighted by atomic mass is 19.4. The lowest BCUT2D eigenvalue weighted by atomic mass is 10.0. The molecule has 0 bridgehead atoms. The highest BCUT2D eigenvalue weighted by molar-refractivity contribution is 6.10. The first kappa shape index (κ1) is 17.9. The SMILES string of the molecule is CC(C)OCc1nc(C(F)(F)F)ccc1C(=O)c1cnn(C)c1O. The number of aromatic hydroxyl groups is 1. The van der Waals surface area contributed by atoms with Crippen molar-refractivity contribution >= 4 is 5.78 Å². The molecule has 0 unspecified atom stereocenters. The Balaban J connectivity index is 2.47. The number of hydrogen-bond donors (Lipinski definition) is 1. The molecule has 1 N–H and O–H groups in total. The average molecular weight is 343 g/mol. The van der Waals surface area contributed by atoms with Gasteiger partial charge in [-0.2, -0.15) is 18.3 Å². The van der Waals surface area contributed by atoms with Crippen molar-refractivity contribution in [2.24, 2.45) is 7.05 Å². The van der Waals surface area contributed by atoms with Gasteiger partial charge in [0.05, 0.1) is 24.6 Å². The summed E-state index contributed by atoms with van der Waals surface area (Å²) in [6.07, 6.45) is -3.75. The highest BCUT2D eigenvalue weighted by Gasteiger charge is 2.34. The summed E-state index contributed by atoms with van der Waals surface area (Å²) in [5, 5.41) is 13.5. The van der Waals surface area contributed by atoms with Crippen LogP contribution in [0.25, 0.3) is 0 Å². The standard InChI is InChI=1S/C15H16F3N3O3/c1-8(2)24-7-11-9(4-5-12(20-11)15(16,17)18)13(22)10-6-19-21(3)14(10)23/h4-6,8,23H,7H2,1-3H3. The molecular weight excluding hydrogens is 327 g/mol. The first-order valence-electron chi connectivity index (χ1n) is 7.05. The smallest absolute Gasteiger partial charge is 0.433 e. The minimum Gasteiger partial charge on any atom is -0.493 e. The molecule has 24 heavy (non-hydrogen) atoms. The van der Waals surface area contributed by atoms with E-state index >= 15 is 0 Å². The van der Waals surface area contributed by atoms with Gasteiger partial charge in [0.1, 0.15) is 11.3 Å².